The zero-order chi connectivity index (χ0) is 12.5. The lowest BCUT2D eigenvalue weighted by atomic mass is 9.83. The molecular formula is C13H17BrO2. The van der Waals surface area contributed by atoms with Crippen molar-refractivity contribution >= 4 is 21.9 Å². The number of hydrogen-bond donors (Lipinski definition) is 0. The minimum absolute atomic E-state index is 0.214. The first-order chi connectivity index (χ1) is 7.30. The van der Waals surface area contributed by atoms with Crippen molar-refractivity contribution in [2.45, 2.75) is 33.1 Å². The van der Waals surface area contributed by atoms with E-state index in [1.165, 1.54) is 7.11 Å². The fourth-order valence-electron chi connectivity index (χ4n) is 1.68. The van der Waals surface area contributed by atoms with Crippen LogP contribution in [0.1, 0.15) is 30.5 Å². The third-order valence-electron chi connectivity index (χ3n) is 2.85. The molecule has 0 unspecified atom stereocenters. The Labute approximate surface area is 105 Å². The molecule has 0 bridgehead atoms. The predicted molar refractivity (Wildman–Crippen MR) is 68.7 cm³/mol. The molecule has 1 rings (SSSR count). The van der Waals surface area contributed by atoms with Crippen molar-refractivity contribution < 1.29 is 9.53 Å². The second-order valence-electron chi connectivity index (χ2n) is 4.54. The Morgan fingerprint density at radius 2 is 1.69 bits per heavy atom. The van der Waals surface area contributed by atoms with Crippen LogP contribution in [0.5, 0.6) is 0 Å². The number of esters is 1. The van der Waals surface area contributed by atoms with Gasteiger partial charge in [0.15, 0.2) is 0 Å². The molecule has 0 atom stereocenters. The highest BCUT2D eigenvalue weighted by Crippen LogP contribution is 2.30. The highest BCUT2D eigenvalue weighted by atomic mass is 79.9. The zero-order valence-corrected chi connectivity index (χ0v) is 11.9. The summed E-state index contributed by atoms with van der Waals surface area (Å²) >= 11 is 3.52. The van der Waals surface area contributed by atoms with E-state index in [2.05, 4.69) is 15.9 Å². The van der Waals surface area contributed by atoms with Crippen molar-refractivity contribution in [1.82, 2.24) is 0 Å². The summed E-state index contributed by atoms with van der Waals surface area (Å²) in [5.41, 5.74) is 2.64. The summed E-state index contributed by atoms with van der Waals surface area (Å²) in [4.78, 5) is 11.7. The molecule has 0 aromatic heterocycles. The average molecular weight is 285 g/mol. The number of aryl methyl sites for hydroxylation is 2. The van der Waals surface area contributed by atoms with E-state index in [9.17, 15) is 4.79 Å². The van der Waals surface area contributed by atoms with E-state index in [0.717, 1.165) is 21.2 Å². The summed E-state index contributed by atoms with van der Waals surface area (Å²) < 4.78 is 5.92. The Hall–Kier alpha value is -0.830. The molecule has 2 nitrogen and oxygen atoms in total. The molecule has 16 heavy (non-hydrogen) atoms. The number of ether oxygens (including phenoxy) is 1. The Bertz CT molecular complexity index is 399. The zero-order valence-electron chi connectivity index (χ0n) is 10.3. The first kappa shape index (κ1) is 13.2. The van der Waals surface area contributed by atoms with Gasteiger partial charge in [0.1, 0.15) is 0 Å². The molecule has 1 aromatic carbocycles. The van der Waals surface area contributed by atoms with E-state index in [-0.39, 0.29) is 5.97 Å². The van der Waals surface area contributed by atoms with E-state index in [1.807, 2.05) is 39.8 Å². The maximum Gasteiger partial charge on any atom is 0.315 e. The summed E-state index contributed by atoms with van der Waals surface area (Å²) in [6.07, 6.45) is 0. The quantitative estimate of drug-likeness (QED) is 0.777. The van der Waals surface area contributed by atoms with Crippen LogP contribution in [-0.4, -0.2) is 13.1 Å². The summed E-state index contributed by atoms with van der Waals surface area (Å²) in [6, 6.07) is 4.04. The third-order valence-corrected chi connectivity index (χ3v) is 4.10. The second kappa shape index (κ2) is 4.58. The van der Waals surface area contributed by atoms with Crippen LogP contribution in [0.25, 0.3) is 0 Å². The van der Waals surface area contributed by atoms with E-state index >= 15 is 0 Å². The Morgan fingerprint density at radius 3 is 2.06 bits per heavy atom. The molecule has 1 aromatic rings. The largest absolute Gasteiger partial charge is 0.468 e. The van der Waals surface area contributed by atoms with Crippen LogP contribution in [0.4, 0.5) is 0 Å². The molecule has 0 amide bonds. The standard InChI is InChI=1S/C13H17BrO2/c1-8-6-10(7-9(2)11(8)14)13(3,4)12(15)16-5/h6-7H,1-5H3. The van der Waals surface area contributed by atoms with Crippen molar-refractivity contribution in [2.75, 3.05) is 7.11 Å². The van der Waals surface area contributed by atoms with Crippen LogP contribution in [0, 0.1) is 13.8 Å². The van der Waals surface area contributed by atoms with Crippen molar-refractivity contribution in [1.29, 1.82) is 0 Å². The molecule has 3 heteroatoms. The Balaban J connectivity index is 3.29. The topological polar surface area (TPSA) is 26.3 Å². The predicted octanol–water partition coefficient (Wildman–Crippen LogP) is 3.52. The average Bonchev–Trinajstić information content (AvgIpc) is 2.23. The smallest absolute Gasteiger partial charge is 0.315 e. The summed E-state index contributed by atoms with van der Waals surface area (Å²) in [7, 11) is 1.42. The minimum atomic E-state index is -0.606. The van der Waals surface area contributed by atoms with Gasteiger partial charge in [0, 0.05) is 4.47 Å². The van der Waals surface area contributed by atoms with E-state index < -0.39 is 5.41 Å². The van der Waals surface area contributed by atoms with E-state index in [1.54, 1.807) is 0 Å². The number of carbonyl (C=O) groups is 1. The van der Waals surface area contributed by atoms with Gasteiger partial charge in [-0.25, -0.2) is 0 Å². The van der Waals surface area contributed by atoms with Gasteiger partial charge in [0.25, 0.3) is 0 Å². The Kier molecular flexibility index (Phi) is 3.79. The molecular weight excluding hydrogens is 268 g/mol. The number of hydrogen-bond acceptors (Lipinski definition) is 2. The number of methoxy groups -OCH3 is 1. The number of halogens is 1. The Morgan fingerprint density at radius 1 is 1.25 bits per heavy atom. The van der Waals surface area contributed by atoms with Gasteiger partial charge < -0.3 is 4.74 Å². The molecule has 0 saturated heterocycles. The molecule has 0 fully saturated rings. The highest BCUT2D eigenvalue weighted by Gasteiger charge is 2.31. The molecule has 0 spiro atoms. The summed E-state index contributed by atoms with van der Waals surface area (Å²) in [5.74, 6) is -0.214. The second-order valence-corrected chi connectivity index (χ2v) is 5.33. The number of benzene rings is 1. The van der Waals surface area contributed by atoms with Crippen molar-refractivity contribution in [2.24, 2.45) is 0 Å². The monoisotopic (exact) mass is 284 g/mol. The van der Waals surface area contributed by atoms with Crippen LogP contribution >= 0.6 is 15.9 Å². The van der Waals surface area contributed by atoms with Gasteiger partial charge in [-0.3, -0.25) is 4.79 Å². The van der Waals surface area contributed by atoms with Crippen molar-refractivity contribution in [3.63, 3.8) is 0 Å². The highest BCUT2D eigenvalue weighted by molar-refractivity contribution is 9.10. The fourth-order valence-corrected chi connectivity index (χ4v) is 1.91. The third kappa shape index (κ3) is 2.29. The number of carbonyl (C=O) groups excluding carboxylic acids is 1. The van der Waals surface area contributed by atoms with Gasteiger partial charge in [-0.15, -0.1) is 0 Å². The normalized spacial score (nSPS) is 11.4. The first-order valence-corrected chi connectivity index (χ1v) is 5.95. The van der Waals surface area contributed by atoms with Gasteiger partial charge in [0.05, 0.1) is 12.5 Å². The van der Waals surface area contributed by atoms with Crippen LogP contribution in [-0.2, 0) is 14.9 Å². The SMILES string of the molecule is COC(=O)C(C)(C)c1cc(C)c(Br)c(C)c1. The van der Waals surface area contributed by atoms with Gasteiger partial charge in [-0.2, -0.15) is 0 Å². The summed E-state index contributed by atoms with van der Waals surface area (Å²) in [6.45, 7) is 7.80. The maximum atomic E-state index is 11.7. The van der Waals surface area contributed by atoms with Crippen molar-refractivity contribution in [3.8, 4) is 0 Å². The van der Waals surface area contributed by atoms with Gasteiger partial charge in [-0.05, 0) is 44.4 Å². The number of rotatable bonds is 2. The molecule has 0 aliphatic heterocycles. The van der Waals surface area contributed by atoms with Crippen LogP contribution in [0.3, 0.4) is 0 Å². The lowest BCUT2D eigenvalue weighted by Gasteiger charge is -2.23. The molecule has 88 valence electrons. The van der Waals surface area contributed by atoms with Gasteiger partial charge in [0.2, 0.25) is 0 Å². The van der Waals surface area contributed by atoms with E-state index in [0.29, 0.717) is 0 Å². The molecule has 0 aliphatic carbocycles. The molecule has 0 heterocycles. The lowest BCUT2D eigenvalue weighted by molar-refractivity contribution is -0.146. The minimum Gasteiger partial charge on any atom is -0.468 e. The molecule has 0 saturated carbocycles. The van der Waals surface area contributed by atoms with Gasteiger partial charge >= 0.3 is 5.97 Å². The maximum absolute atomic E-state index is 11.7. The fraction of sp³-hybridized carbons (Fsp3) is 0.462. The molecule has 0 N–H and O–H groups in total. The lowest BCUT2D eigenvalue weighted by Crippen LogP contribution is -2.30. The van der Waals surface area contributed by atoms with Crippen LogP contribution < -0.4 is 0 Å². The molecule has 0 aliphatic rings. The van der Waals surface area contributed by atoms with E-state index in [4.69, 9.17) is 4.74 Å². The van der Waals surface area contributed by atoms with Crippen LogP contribution in [0.15, 0.2) is 16.6 Å². The molecule has 0 radical (unpaired) electrons. The first-order valence-electron chi connectivity index (χ1n) is 5.16. The van der Waals surface area contributed by atoms with Crippen molar-refractivity contribution in [3.05, 3.63) is 33.3 Å². The summed E-state index contributed by atoms with van der Waals surface area (Å²) in [5, 5.41) is 0. The van der Waals surface area contributed by atoms with Gasteiger partial charge in [-0.1, -0.05) is 28.1 Å². The van der Waals surface area contributed by atoms with Crippen LogP contribution in [0.2, 0.25) is 0 Å².